The maximum Gasteiger partial charge on any atom is 0.236 e. The van der Waals surface area contributed by atoms with E-state index < -0.39 is 10.0 Å². The molecule has 0 radical (unpaired) electrons. The van der Waals surface area contributed by atoms with Gasteiger partial charge >= 0.3 is 0 Å². The summed E-state index contributed by atoms with van der Waals surface area (Å²) < 4.78 is 26.6. The lowest BCUT2D eigenvalue weighted by Gasteiger charge is -2.32. The van der Waals surface area contributed by atoms with E-state index in [-0.39, 0.29) is 11.8 Å². The first-order valence-electron chi connectivity index (χ1n) is 9.66. The van der Waals surface area contributed by atoms with Gasteiger partial charge < -0.3 is 9.80 Å². The lowest BCUT2D eigenvalue weighted by Crippen LogP contribution is -2.44. The van der Waals surface area contributed by atoms with Gasteiger partial charge in [0.05, 0.1) is 0 Å². The molecule has 3 rings (SSSR count). The van der Waals surface area contributed by atoms with E-state index in [4.69, 9.17) is 0 Å². The number of rotatable bonds is 4. The zero-order valence-corrected chi connectivity index (χ0v) is 16.8. The summed E-state index contributed by atoms with van der Waals surface area (Å²) in [5.74, 6) is 0.139. The van der Waals surface area contributed by atoms with Crippen molar-refractivity contribution in [3.8, 4) is 0 Å². The predicted octanol–water partition coefficient (Wildman–Crippen LogP) is 1.86. The molecule has 7 heteroatoms. The van der Waals surface area contributed by atoms with E-state index in [1.807, 2.05) is 35.2 Å². The summed E-state index contributed by atoms with van der Waals surface area (Å²) in [4.78, 5) is 17.0. The van der Waals surface area contributed by atoms with Crippen molar-refractivity contribution in [2.24, 2.45) is 5.92 Å². The van der Waals surface area contributed by atoms with Crippen LogP contribution in [0.25, 0.3) is 6.08 Å². The second kappa shape index (κ2) is 8.99. The monoisotopic (exact) mass is 391 g/mol. The lowest BCUT2D eigenvalue weighted by atomic mass is 9.96. The quantitative estimate of drug-likeness (QED) is 0.786. The van der Waals surface area contributed by atoms with Crippen molar-refractivity contribution in [3.63, 3.8) is 0 Å². The molecular weight excluding hydrogens is 362 g/mol. The van der Waals surface area contributed by atoms with Crippen LogP contribution in [0, 0.1) is 5.92 Å². The molecule has 0 bridgehead atoms. The highest BCUT2D eigenvalue weighted by Gasteiger charge is 2.32. The average Bonchev–Trinajstić information content (AvgIpc) is 2.91. The maximum atomic E-state index is 12.8. The molecule has 2 aliphatic heterocycles. The van der Waals surface area contributed by atoms with E-state index in [2.05, 4.69) is 11.9 Å². The topological polar surface area (TPSA) is 60.9 Å². The molecule has 148 valence electrons. The summed E-state index contributed by atoms with van der Waals surface area (Å²) in [6.07, 6.45) is 3.83. The standard InChI is InChI=1S/C20H29N3O3S/c1-21-11-5-12-22(16-15-21)20(24)19-8-13-23(14-9-19)27(25,26)17-10-18-6-3-2-4-7-18/h2-4,6-7,10,17,19H,5,8-9,11-16H2,1H3/b17-10+. The highest BCUT2D eigenvalue weighted by Crippen LogP contribution is 2.23. The Morgan fingerprint density at radius 2 is 1.70 bits per heavy atom. The van der Waals surface area contributed by atoms with E-state index >= 15 is 0 Å². The molecule has 1 amide bonds. The Kier molecular flexibility index (Phi) is 6.68. The van der Waals surface area contributed by atoms with Crippen LogP contribution in [0.3, 0.4) is 0 Å². The van der Waals surface area contributed by atoms with Crippen LogP contribution in [0.15, 0.2) is 35.7 Å². The van der Waals surface area contributed by atoms with Gasteiger partial charge in [-0.05, 0) is 44.5 Å². The van der Waals surface area contributed by atoms with Gasteiger partial charge in [-0.15, -0.1) is 0 Å². The smallest absolute Gasteiger partial charge is 0.236 e. The molecule has 0 aromatic heterocycles. The van der Waals surface area contributed by atoms with E-state index in [0.717, 1.165) is 38.2 Å². The average molecular weight is 392 g/mol. The first-order chi connectivity index (χ1) is 13.0. The Morgan fingerprint density at radius 1 is 1.00 bits per heavy atom. The fraction of sp³-hybridized carbons (Fsp3) is 0.550. The first-order valence-corrected chi connectivity index (χ1v) is 11.2. The molecule has 2 aliphatic rings. The number of hydrogen-bond acceptors (Lipinski definition) is 4. The van der Waals surface area contributed by atoms with Crippen LogP contribution in [-0.4, -0.2) is 74.7 Å². The molecule has 0 aliphatic carbocycles. The van der Waals surface area contributed by atoms with Crippen molar-refractivity contribution in [1.29, 1.82) is 0 Å². The van der Waals surface area contributed by atoms with E-state index in [9.17, 15) is 13.2 Å². The molecular formula is C20H29N3O3S. The van der Waals surface area contributed by atoms with E-state index in [1.165, 1.54) is 9.71 Å². The number of carbonyl (C=O) groups is 1. The Morgan fingerprint density at radius 3 is 2.41 bits per heavy atom. The summed E-state index contributed by atoms with van der Waals surface area (Å²) in [5.41, 5.74) is 0.859. The second-order valence-electron chi connectivity index (χ2n) is 7.41. The van der Waals surface area contributed by atoms with Crippen LogP contribution in [0.2, 0.25) is 0 Å². The minimum Gasteiger partial charge on any atom is -0.341 e. The molecule has 1 aromatic carbocycles. The largest absolute Gasteiger partial charge is 0.341 e. The normalized spacial score (nSPS) is 21.4. The van der Waals surface area contributed by atoms with Crippen LogP contribution < -0.4 is 0 Å². The highest BCUT2D eigenvalue weighted by molar-refractivity contribution is 7.92. The third-order valence-corrected chi connectivity index (χ3v) is 6.99. The molecule has 0 spiro atoms. The van der Waals surface area contributed by atoms with E-state index in [0.29, 0.717) is 25.9 Å². The van der Waals surface area contributed by atoms with Gasteiger partial charge in [-0.3, -0.25) is 4.79 Å². The van der Waals surface area contributed by atoms with Gasteiger partial charge in [0.15, 0.2) is 0 Å². The third-order valence-electron chi connectivity index (χ3n) is 5.43. The van der Waals surface area contributed by atoms with Gasteiger partial charge in [0, 0.05) is 44.0 Å². The van der Waals surface area contributed by atoms with Crippen LogP contribution in [0.4, 0.5) is 0 Å². The molecule has 0 atom stereocenters. The minimum absolute atomic E-state index is 0.0574. The zero-order chi connectivity index (χ0) is 19.3. The summed E-state index contributed by atoms with van der Waals surface area (Å²) in [6, 6.07) is 9.40. The number of nitrogens with zero attached hydrogens (tertiary/aromatic N) is 3. The third kappa shape index (κ3) is 5.40. The van der Waals surface area contributed by atoms with E-state index in [1.54, 1.807) is 6.08 Å². The summed E-state index contributed by atoms with van der Waals surface area (Å²) in [7, 11) is -1.36. The summed E-state index contributed by atoms with van der Waals surface area (Å²) in [6.45, 7) is 4.32. The van der Waals surface area contributed by atoms with Gasteiger partial charge in [-0.25, -0.2) is 8.42 Å². The van der Waals surface area contributed by atoms with Gasteiger partial charge in [-0.2, -0.15) is 4.31 Å². The maximum absolute atomic E-state index is 12.8. The van der Waals surface area contributed by atoms with Crippen molar-refractivity contribution in [2.75, 3.05) is 46.3 Å². The Balaban J connectivity index is 1.54. The van der Waals surface area contributed by atoms with Crippen molar-refractivity contribution in [2.45, 2.75) is 19.3 Å². The van der Waals surface area contributed by atoms with Gasteiger partial charge in [0.2, 0.25) is 15.9 Å². The number of piperidine rings is 1. The number of likely N-dealkylation sites (N-methyl/N-ethyl adjacent to an activating group) is 1. The molecule has 0 unspecified atom stereocenters. The zero-order valence-electron chi connectivity index (χ0n) is 16.0. The SMILES string of the molecule is CN1CCCN(C(=O)C2CCN(S(=O)(=O)/C=C/c3ccccc3)CC2)CC1. The number of hydrogen-bond donors (Lipinski definition) is 0. The molecule has 2 fully saturated rings. The molecule has 27 heavy (non-hydrogen) atoms. The summed E-state index contributed by atoms with van der Waals surface area (Å²) >= 11 is 0. The second-order valence-corrected chi connectivity index (χ2v) is 9.23. The number of benzene rings is 1. The molecule has 2 heterocycles. The molecule has 2 saturated heterocycles. The summed E-state index contributed by atoms with van der Waals surface area (Å²) in [5, 5.41) is 1.27. The lowest BCUT2D eigenvalue weighted by molar-refractivity contribution is -0.136. The molecule has 0 N–H and O–H groups in total. The van der Waals surface area contributed by atoms with Crippen LogP contribution in [-0.2, 0) is 14.8 Å². The number of sulfonamides is 1. The number of carbonyl (C=O) groups excluding carboxylic acids is 1. The first kappa shape index (κ1) is 20.0. The van der Waals surface area contributed by atoms with Gasteiger partial charge in [0.25, 0.3) is 0 Å². The fourth-order valence-corrected chi connectivity index (χ4v) is 4.92. The van der Waals surface area contributed by atoms with Crippen LogP contribution >= 0.6 is 0 Å². The Labute approximate surface area is 162 Å². The highest BCUT2D eigenvalue weighted by atomic mass is 32.2. The van der Waals surface area contributed by atoms with Crippen molar-refractivity contribution in [3.05, 3.63) is 41.3 Å². The van der Waals surface area contributed by atoms with Crippen molar-refractivity contribution < 1.29 is 13.2 Å². The number of amides is 1. The van der Waals surface area contributed by atoms with Crippen molar-refractivity contribution in [1.82, 2.24) is 14.1 Å². The van der Waals surface area contributed by atoms with Gasteiger partial charge in [0.1, 0.15) is 0 Å². The molecule has 0 saturated carbocycles. The molecule has 6 nitrogen and oxygen atoms in total. The minimum atomic E-state index is -3.45. The predicted molar refractivity (Wildman–Crippen MR) is 107 cm³/mol. The Hall–Kier alpha value is -1.70. The van der Waals surface area contributed by atoms with Gasteiger partial charge in [-0.1, -0.05) is 30.3 Å². The molecule has 1 aromatic rings. The van der Waals surface area contributed by atoms with Crippen LogP contribution in [0.1, 0.15) is 24.8 Å². The van der Waals surface area contributed by atoms with Crippen molar-refractivity contribution >= 4 is 22.0 Å². The Bertz CT molecular complexity index is 756. The van der Waals surface area contributed by atoms with Crippen LogP contribution in [0.5, 0.6) is 0 Å². The fourth-order valence-electron chi connectivity index (χ4n) is 3.70.